The number of hydrogen-bond donors (Lipinski definition) is 0. The minimum absolute atomic E-state index is 0.595. The van der Waals surface area contributed by atoms with Crippen molar-refractivity contribution in [3.05, 3.63) is 212 Å². The van der Waals surface area contributed by atoms with Crippen molar-refractivity contribution in [2.45, 2.75) is 0 Å². The van der Waals surface area contributed by atoms with Gasteiger partial charge < -0.3 is 18.3 Å². The number of benzene rings is 9. The van der Waals surface area contributed by atoms with Crippen molar-refractivity contribution < 1.29 is 8.83 Å². The van der Waals surface area contributed by atoms with Gasteiger partial charge in [-0.05, 0) is 101 Å². The summed E-state index contributed by atoms with van der Waals surface area (Å²) in [5.74, 6) is 0.595. The monoisotopic (exact) mass is 769 g/mol. The fourth-order valence-corrected chi connectivity index (χ4v) is 8.84. The molecule has 0 amide bonds. The Bertz CT molecular complexity index is 3530. The summed E-state index contributed by atoms with van der Waals surface area (Å²) in [5.41, 5.74) is 15.2. The zero-order valence-corrected chi connectivity index (χ0v) is 32.4. The molecule has 0 radical (unpaired) electrons. The summed E-state index contributed by atoms with van der Waals surface area (Å²) in [6.45, 7) is 0. The van der Waals surface area contributed by atoms with Gasteiger partial charge in [-0.25, -0.2) is 4.98 Å². The Morgan fingerprint density at radius 2 is 1.05 bits per heavy atom. The van der Waals surface area contributed by atoms with E-state index in [-0.39, 0.29) is 0 Å². The lowest BCUT2D eigenvalue weighted by Crippen LogP contribution is -2.10. The Morgan fingerprint density at radius 1 is 0.383 bits per heavy atom. The van der Waals surface area contributed by atoms with Crippen LogP contribution in [-0.4, -0.2) is 9.55 Å². The summed E-state index contributed by atoms with van der Waals surface area (Å²) < 4.78 is 15.2. The lowest BCUT2D eigenvalue weighted by molar-refractivity contribution is 0.620. The summed E-state index contributed by atoms with van der Waals surface area (Å²) in [4.78, 5) is 7.16. The minimum atomic E-state index is 0.595. The van der Waals surface area contributed by atoms with Crippen LogP contribution in [-0.2, 0) is 0 Å². The molecule has 5 nitrogen and oxygen atoms in total. The van der Waals surface area contributed by atoms with Crippen molar-refractivity contribution in [1.29, 1.82) is 0 Å². The maximum absolute atomic E-state index is 6.47. The van der Waals surface area contributed by atoms with E-state index >= 15 is 0 Å². The molecule has 3 aromatic heterocycles. The molecular weight excluding hydrogens is 735 g/mol. The third kappa shape index (κ3) is 5.59. The number of nitrogens with zero attached hydrogens (tertiary/aromatic N) is 3. The fraction of sp³-hybridized carbons (Fsp3) is 0. The van der Waals surface area contributed by atoms with Gasteiger partial charge in [-0.3, -0.25) is 0 Å². The molecule has 0 unspecified atom stereocenters. The van der Waals surface area contributed by atoms with E-state index < -0.39 is 0 Å². The van der Waals surface area contributed by atoms with Crippen LogP contribution < -0.4 is 4.90 Å². The predicted molar refractivity (Wildman–Crippen MR) is 247 cm³/mol. The first kappa shape index (κ1) is 33.9. The molecule has 282 valence electrons. The Labute approximate surface area is 345 Å². The van der Waals surface area contributed by atoms with E-state index in [1.165, 1.54) is 21.9 Å². The quantitative estimate of drug-likeness (QED) is 0.162. The summed E-state index contributed by atoms with van der Waals surface area (Å²) in [7, 11) is 0. The van der Waals surface area contributed by atoms with Crippen LogP contribution in [0.4, 0.5) is 17.1 Å². The van der Waals surface area contributed by atoms with Gasteiger partial charge in [0.25, 0.3) is 0 Å². The van der Waals surface area contributed by atoms with Crippen LogP contribution in [0.25, 0.3) is 94.2 Å². The van der Waals surface area contributed by atoms with Crippen LogP contribution >= 0.6 is 0 Å². The van der Waals surface area contributed by atoms with E-state index in [0.717, 1.165) is 83.6 Å². The molecule has 12 rings (SSSR count). The van der Waals surface area contributed by atoms with Crippen LogP contribution in [0.1, 0.15) is 0 Å². The maximum Gasteiger partial charge on any atom is 0.227 e. The number of hydrogen-bond acceptors (Lipinski definition) is 4. The van der Waals surface area contributed by atoms with Crippen LogP contribution in [0.3, 0.4) is 0 Å². The first-order valence-corrected chi connectivity index (χ1v) is 20.2. The van der Waals surface area contributed by atoms with E-state index in [4.69, 9.17) is 13.8 Å². The molecule has 60 heavy (non-hydrogen) atoms. The standard InChI is InChI=1S/C55H35N3O2/c1-4-14-36(15-5-1)39-18-12-21-42(32-39)57(43-30-31-46-45-22-10-11-24-49(45)58(50(46)33-43)40-19-8-3-9-20-40)41-28-26-37(27-29-41)44-23-13-25-51-54(44)47-34-53-48(35-52(47)59-51)56-55(60-53)38-16-6-2-7-17-38/h1-35H. The van der Waals surface area contributed by atoms with Crippen LogP contribution in [0, 0.1) is 0 Å². The normalized spacial score (nSPS) is 11.7. The van der Waals surface area contributed by atoms with Gasteiger partial charge in [0.05, 0.1) is 11.0 Å². The Hall–Kier alpha value is -8.15. The molecule has 0 N–H and O–H groups in total. The van der Waals surface area contributed by atoms with Crippen molar-refractivity contribution in [3.8, 4) is 39.4 Å². The molecule has 0 aliphatic heterocycles. The Balaban J connectivity index is 1.01. The number of furan rings is 1. The highest BCUT2D eigenvalue weighted by Gasteiger charge is 2.20. The van der Waals surface area contributed by atoms with Gasteiger partial charge in [-0.15, -0.1) is 0 Å². The molecule has 3 heterocycles. The highest BCUT2D eigenvalue weighted by molar-refractivity contribution is 6.15. The van der Waals surface area contributed by atoms with E-state index in [0.29, 0.717) is 5.89 Å². The minimum Gasteiger partial charge on any atom is -0.456 e. The highest BCUT2D eigenvalue weighted by atomic mass is 16.4. The van der Waals surface area contributed by atoms with Gasteiger partial charge in [0.1, 0.15) is 16.7 Å². The van der Waals surface area contributed by atoms with Crippen molar-refractivity contribution in [3.63, 3.8) is 0 Å². The number of fused-ring (bicyclic) bond motifs is 7. The first-order chi connectivity index (χ1) is 29.7. The van der Waals surface area contributed by atoms with Gasteiger partial charge in [-0.2, -0.15) is 0 Å². The smallest absolute Gasteiger partial charge is 0.227 e. The lowest BCUT2D eigenvalue weighted by Gasteiger charge is -2.26. The number of aromatic nitrogens is 2. The van der Waals surface area contributed by atoms with Crippen LogP contribution in [0.2, 0.25) is 0 Å². The van der Waals surface area contributed by atoms with Crippen molar-refractivity contribution in [1.82, 2.24) is 9.55 Å². The second-order valence-electron chi connectivity index (χ2n) is 15.2. The number of oxazole rings is 1. The van der Waals surface area contributed by atoms with E-state index in [2.05, 4.69) is 179 Å². The highest BCUT2D eigenvalue weighted by Crippen LogP contribution is 2.43. The second-order valence-corrected chi connectivity index (χ2v) is 15.2. The van der Waals surface area contributed by atoms with Gasteiger partial charge in [0.15, 0.2) is 5.58 Å². The summed E-state index contributed by atoms with van der Waals surface area (Å²) in [5, 5.41) is 4.48. The SMILES string of the molecule is c1ccc(-c2cccc(N(c3ccc(-c4cccc5oc6cc7nc(-c8ccccc8)oc7cc6c45)cc3)c3ccc4c5ccccc5n(-c5ccccc5)c4c3)c2)cc1. The molecule has 0 atom stereocenters. The fourth-order valence-electron chi connectivity index (χ4n) is 8.84. The predicted octanol–water partition coefficient (Wildman–Crippen LogP) is 15.3. The summed E-state index contributed by atoms with van der Waals surface area (Å²) >= 11 is 0. The van der Waals surface area contributed by atoms with Gasteiger partial charge >= 0.3 is 0 Å². The molecule has 0 bridgehead atoms. The lowest BCUT2D eigenvalue weighted by atomic mass is 9.98. The number of para-hydroxylation sites is 2. The molecule has 0 fully saturated rings. The van der Waals surface area contributed by atoms with Crippen molar-refractivity contribution in [2.75, 3.05) is 4.90 Å². The van der Waals surface area contributed by atoms with Crippen molar-refractivity contribution >= 4 is 71.9 Å². The molecule has 5 heteroatoms. The average molecular weight is 770 g/mol. The molecule has 0 saturated heterocycles. The zero-order chi connectivity index (χ0) is 39.6. The third-order valence-corrected chi connectivity index (χ3v) is 11.6. The summed E-state index contributed by atoms with van der Waals surface area (Å²) in [6, 6.07) is 74.8. The molecule has 12 aromatic rings. The molecular formula is C55H35N3O2. The second kappa shape index (κ2) is 13.8. The number of rotatable bonds is 7. The summed E-state index contributed by atoms with van der Waals surface area (Å²) in [6.07, 6.45) is 0. The van der Waals surface area contributed by atoms with Crippen molar-refractivity contribution in [2.24, 2.45) is 0 Å². The van der Waals surface area contributed by atoms with Gasteiger partial charge in [-0.1, -0.05) is 127 Å². The Kier molecular flexibility index (Phi) is 7.78. The molecule has 0 aliphatic rings. The van der Waals surface area contributed by atoms with E-state index in [9.17, 15) is 0 Å². The van der Waals surface area contributed by atoms with Crippen LogP contribution in [0.15, 0.2) is 221 Å². The zero-order valence-electron chi connectivity index (χ0n) is 32.4. The topological polar surface area (TPSA) is 47.3 Å². The van der Waals surface area contributed by atoms with Crippen LogP contribution in [0.5, 0.6) is 0 Å². The first-order valence-electron chi connectivity index (χ1n) is 20.2. The molecule has 0 spiro atoms. The third-order valence-electron chi connectivity index (χ3n) is 11.6. The largest absolute Gasteiger partial charge is 0.456 e. The Morgan fingerprint density at radius 3 is 1.87 bits per heavy atom. The van der Waals surface area contributed by atoms with Gasteiger partial charge in [0.2, 0.25) is 5.89 Å². The maximum atomic E-state index is 6.47. The van der Waals surface area contributed by atoms with Gasteiger partial charge in [0, 0.05) is 55.9 Å². The molecule has 0 saturated carbocycles. The van der Waals surface area contributed by atoms with E-state index in [1.807, 2.05) is 42.5 Å². The average Bonchev–Trinajstić information content (AvgIpc) is 4.00. The molecule has 9 aromatic carbocycles. The van der Waals surface area contributed by atoms with E-state index in [1.54, 1.807) is 0 Å². The molecule has 0 aliphatic carbocycles. The number of anilines is 3.